The average molecular weight is 735 g/mol. The van der Waals surface area contributed by atoms with Gasteiger partial charge in [0.25, 0.3) is 17.7 Å². The Labute approximate surface area is 292 Å². The van der Waals surface area contributed by atoms with E-state index in [1.165, 1.54) is 24.4 Å². The molecular weight excluding hydrogens is 706 g/mol. The number of H-pyrrole nitrogens is 1. The average Bonchev–Trinajstić information content (AvgIpc) is 3.49. The van der Waals surface area contributed by atoms with Crippen LogP contribution in [0.25, 0.3) is 0 Å². The van der Waals surface area contributed by atoms with Crippen molar-refractivity contribution in [2.24, 2.45) is 0 Å². The number of rotatable bonds is 10. The van der Waals surface area contributed by atoms with Crippen molar-refractivity contribution in [2.75, 3.05) is 41.9 Å². The summed E-state index contributed by atoms with van der Waals surface area (Å²) in [4.78, 5) is 61.4. The maximum absolute atomic E-state index is 13.0. The Balaban J connectivity index is 0.000000872. The zero-order chi connectivity index (χ0) is 37.0. The number of amides is 4. The number of aromatic amines is 1. The summed E-state index contributed by atoms with van der Waals surface area (Å²) in [5.41, 5.74) is 1.82. The number of aliphatic carboxylic acids is 1. The van der Waals surface area contributed by atoms with E-state index in [1.54, 1.807) is 60.7 Å². The van der Waals surface area contributed by atoms with E-state index in [1.807, 2.05) is 19.0 Å². The van der Waals surface area contributed by atoms with Crippen LogP contribution < -0.4 is 21.3 Å². The Kier molecular flexibility index (Phi) is 13.6. The number of anilines is 4. The summed E-state index contributed by atoms with van der Waals surface area (Å²) in [7, 11) is 3.80. The molecule has 0 radical (unpaired) electrons. The van der Waals surface area contributed by atoms with Crippen molar-refractivity contribution in [2.45, 2.75) is 6.18 Å². The van der Waals surface area contributed by atoms with Crippen LogP contribution in [-0.4, -0.2) is 76.6 Å². The molecule has 50 heavy (non-hydrogen) atoms. The van der Waals surface area contributed by atoms with Gasteiger partial charge in [-0.1, -0.05) is 41.4 Å². The van der Waals surface area contributed by atoms with Crippen LogP contribution in [0.4, 0.5) is 35.9 Å². The van der Waals surface area contributed by atoms with Crippen LogP contribution in [-0.2, 0) is 9.59 Å². The summed E-state index contributed by atoms with van der Waals surface area (Å²) >= 11 is 12.2. The molecule has 4 rings (SSSR count). The van der Waals surface area contributed by atoms with Crippen LogP contribution in [0.3, 0.4) is 0 Å². The SMILES string of the molecule is CN(C)C/C=C/C(=O)Nc1ccc(C(=O)Nc2cccc(NC(=O)c3n[nH]cc3NC(=O)c3c(Cl)cccc3Cl)c2)cc1.O=C(O)C(F)(F)F. The Morgan fingerprint density at radius 1 is 0.820 bits per heavy atom. The van der Waals surface area contributed by atoms with E-state index in [-0.39, 0.29) is 38.8 Å². The van der Waals surface area contributed by atoms with Gasteiger partial charge in [0.1, 0.15) is 0 Å². The predicted octanol–water partition coefficient (Wildman–Crippen LogP) is 6.16. The largest absolute Gasteiger partial charge is 0.490 e. The molecule has 262 valence electrons. The summed E-state index contributed by atoms with van der Waals surface area (Å²) < 4.78 is 31.7. The summed E-state index contributed by atoms with van der Waals surface area (Å²) in [6, 6.07) is 17.6. The van der Waals surface area contributed by atoms with E-state index in [2.05, 4.69) is 31.5 Å². The first-order valence-electron chi connectivity index (χ1n) is 14.1. The molecule has 0 unspecified atom stereocenters. The van der Waals surface area contributed by atoms with E-state index in [0.29, 0.717) is 29.2 Å². The first-order valence-corrected chi connectivity index (χ1v) is 14.8. The molecule has 0 aliphatic carbocycles. The van der Waals surface area contributed by atoms with Crippen LogP contribution >= 0.6 is 23.2 Å². The van der Waals surface area contributed by atoms with Crippen LogP contribution in [0, 0.1) is 0 Å². The number of nitrogens with zero attached hydrogens (tertiary/aromatic N) is 2. The van der Waals surface area contributed by atoms with Gasteiger partial charge in [-0.3, -0.25) is 24.3 Å². The van der Waals surface area contributed by atoms with E-state index in [0.717, 1.165) is 0 Å². The standard InChI is InChI=1S/C30H27Cl2N7O4.C2HF3O2/c1-39(2)15-5-10-25(40)34-19-13-11-18(12-14-19)28(41)35-20-6-3-7-21(16-20)36-30(43)27-24(17-33-38-27)37-29(42)26-22(31)8-4-9-23(26)32;3-2(4,5)1(6)7/h3-14,16-17H,15H2,1-2H3,(H,33,38)(H,34,40)(H,35,41)(H,36,43)(H,37,42);(H,6,7)/b10-5+;. The van der Waals surface area contributed by atoms with Gasteiger partial charge in [0.05, 0.1) is 21.3 Å². The number of carbonyl (C=O) groups excluding carboxylic acids is 4. The van der Waals surface area contributed by atoms with Gasteiger partial charge >= 0.3 is 12.1 Å². The maximum Gasteiger partial charge on any atom is 0.490 e. The lowest BCUT2D eigenvalue weighted by Gasteiger charge is -2.10. The highest BCUT2D eigenvalue weighted by Crippen LogP contribution is 2.26. The lowest BCUT2D eigenvalue weighted by molar-refractivity contribution is -0.192. The molecule has 0 atom stereocenters. The second kappa shape index (κ2) is 17.6. The zero-order valence-electron chi connectivity index (χ0n) is 26.1. The van der Waals surface area contributed by atoms with Gasteiger partial charge in [-0.15, -0.1) is 0 Å². The molecule has 1 aromatic heterocycles. The molecule has 0 saturated heterocycles. The van der Waals surface area contributed by atoms with Crippen molar-refractivity contribution in [1.82, 2.24) is 15.1 Å². The second-order valence-corrected chi connectivity index (χ2v) is 11.0. The minimum atomic E-state index is -5.08. The van der Waals surface area contributed by atoms with Crippen LogP contribution in [0.1, 0.15) is 31.2 Å². The number of benzene rings is 3. The number of nitrogens with one attached hydrogen (secondary N) is 5. The van der Waals surface area contributed by atoms with Crippen molar-refractivity contribution in [3.63, 3.8) is 0 Å². The molecule has 0 aliphatic heterocycles. The van der Waals surface area contributed by atoms with E-state index in [4.69, 9.17) is 33.1 Å². The molecule has 18 heteroatoms. The van der Waals surface area contributed by atoms with E-state index in [9.17, 15) is 32.3 Å². The number of carboxylic acid groups (broad SMARTS) is 1. The smallest absolute Gasteiger partial charge is 0.475 e. The summed E-state index contributed by atoms with van der Waals surface area (Å²) in [5, 5.41) is 24.7. The van der Waals surface area contributed by atoms with Gasteiger partial charge in [0, 0.05) is 41.4 Å². The second-order valence-electron chi connectivity index (χ2n) is 10.2. The highest BCUT2D eigenvalue weighted by atomic mass is 35.5. The fourth-order valence-electron chi connectivity index (χ4n) is 3.79. The van der Waals surface area contributed by atoms with Crippen LogP contribution in [0.2, 0.25) is 10.0 Å². The molecular formula is C32H28Cl2F3N7O6. The maximum atomic E-state index is 13.0. The molecule has 0 fully saturated rings. The van der Waals surface area contributed by atoms with E-state index >= 15 is 0 Å². The lowest BCUT2D eigenvalue weighted by atomic mass is 10.2. The number of halogens is 5. The molecule has 4 amide bonds. The molecule has 1 heterocycles. The summed E-state index contributed by atoms with van der Waals surface area (Å²) in [6.45, 7) is 0.639. The van der Waals surface area contributed by atoms with Gasteiger partial charge in [-0.05, 0) is 68.7 Å². The fourth-order valence-corrected chi connectivity index (χ4v) is 4.35. The minimum absolute atomic E-state index is 0.0639. The van der Waals surface area contributed by atoms with Gasteiger partial charge in [-0.2, -0.15) is 18.3 Å². The fraction of sp³-hybridized carbons (Fsp3) is 0.125. The van der Waals surface area contributed by atoms with E-state index < -0.39 is 24.0 Å². The van der Waals surface area contributed by atoms with Crippen LogP contribution in [0.5, 0.6) is 0 Å². The van der Waals surface area contributed by atoms with Crippen molar-refractivity contribution in [1.29, 1.82) is 0 Å². The normalized spacial score (nSPS) is 11.0. The molecule has 3 aromatic carbocycles. The number of likely N-dealkylation sites (N-methyl/N-ethyl adjacent to an activating group) is 1. The summed E-state index contributed by atoms with van der Waals surface area (Å²) in [5.74, 6) is -4.63. The number of alkyl halides is 3. The Morgan fingerprint density at radius 3 is 1.94 bits per heavy atom. The Hall–Kier alpha value is -5.71. The minimum Gasteiger partial charge on any atom is -0.475 e. The third kappa shape index (κ3) is 11.8. The van der Waals surface area contributed by atoms with Gasteiger partial charge < -0.3 is 31.3 Å². The van der Waals surface area contributed by atoms with Gasteiger partial charge in [-0.25, -0.2) is 4.79 Å². The molecule has 0 saturated carbocycles. The van der Waals surface area contributed by atoms with Gasteiger partial charge in [0.15, 0.2) is 5.69 Å². The summed E-state index contributed by atoms with van der Waals surface area (Å²) in [6.07, 6.45) is -0.531. The topological polar surface area (TPSA) is 186 Å². The third-order valence-corrected chi connectivity index (χ3v) is 6.70. The number of carboxylic acids is 1. The zero-order valence-corrected chi connectivity index (χ0v) is 27.6. The molecule has 0 spiro atoms. The number of hydrogen-bond acceptors (Lipinski definition) is 7. The van der Waals surface area contributed by atoms with Gasteiger partial charge in [0.2, 0.25) is 5.91 Å². The highest BCUT2D eigenvalue weighted by molar-refractivity contribution is 6.40. The predicted molar refractivity (Wildman–Crippen MR) is 182 cm³/mol. The molecule has 0 bridgehead atoms. The quantitative estimate of drug-likeness (QED) is 0.105. The van der Waals surface area contributed by atoms with Crippen LogP contribution in [0.15, 0.2) is 85.1 Å². The van der Waals surface area contributed by atoms with Crippen molar-refractivity contribution in [3.05, 3.63) is 112 Å². The first-order chi connectivity index (χ1) is 23.5. The molecule has 6 N–H and O–H groups in total. The monoisotopic (exact) mass is 733 g/mol. The first kappa shape index (κ1) is 38.7. The third-order valence-electron chi connectivity index (χ3n) is 6.07. The number of carbonyl (C=O) groups is 5. The van der Waals surface area contributed by atoms with Crippen molar-refractivity contribution < 1.29 is 42.3 Å². The number of hydrogen-bond donors (Lipinski definition) is 6. The number of aromatic nitrogens is 2. The molecule has 13 nitrogen and oxygen atoms in total. The molecule has 4 aromatic rings. The Bertz CT molecular complexity index is 1880. The lowest BCUT2D eigenvalue weighted by Crippen LogP contribution is -2.21. The highest BCUT2D eigenvalue weighted by Gasteiger charge is 2.38. The van der Waals surface area contributed by atoms with Crippen molar-refractivity contribution >= 4 is 75.5 Å². The molecule has 0 aliphatic rings. The van der Waals surface area contributed by atoms with Crippen molar-refractivity contribution in [3.8, 4) is 0 Å². The Morgan fingerprint density at radius 2 is 1.38 bits per heavy atom.